The maximum absolute atomic E-state index is 5.63. The number of anilines is 1. The number of aryl methyl sites for hydroxylation is 1. The molecule has 1 aliphatic rings. The van der Waals surface area contributed by atoms with Crippen molar-refractivity contribution in [3.05, 3.63) is 33.9 Å². The number of hydrogen-bond acceptors (Lipinski definition) is 3. The van der Waals surface area contributed by atoms with Crippen LogP contribution < -0.4 is 11.3 Å². The summed E-state index contributed by atoms with van der Waals surface area (Å²) < 4.78 is 1.03. The molecule has 0 radical (unpaired) electrons. The van der Waals surface area contributed by atoms with Gasteiger partial charge in [-0.2, -0.15) is 0 Å². The quantitative estimate of drug-likeness (QED) is 0.658. The van der Waals surface area contributed by atoms with Gasteiger partial charge in [-0.05, 0) is 37.5 Å². The van der Waals surface area contributed by atoms with Crippen LogP contribution >= 0.6 is 15.9 Å². The standard InChI is InChI=1S/C13H14BrN3/c1-7-2-5-9(14)12-11(17-15)6-10(8-3-4-8)16-13(7)12/h2,5-6,8H,3-4,15H2,1H3,(H,16,17). The smallest absolute Gasteiger partial charge is 0.0767 e. The van der Waals surface area contributed by atoms with Crippen molar-refractivity contribution in [2.24, 2.45) is 5.84 Å². The van der Waals surface area contributed by atoms with Gasteiger partial charge in [0.25, 0.3) is 0 Å². The van der Waals surface area contributed by atoms with Gasteiger partial charge in [-0.25, -0.2) is 0 Å². The average molecular weight is 292 g/mol. The molecule has 0 atom stereocenters. The number of hydrazine groups is 1. The lowest BCUT2D eigenvalue weighted by molar-refractivity contribution is 1.04. The van der Waals surface area contributed by atoms with E-state index in [1.807, 2.05) is 6.07 Å². The Hall–Kier alpha value is -1.13. The zero-order valence-corrected chi connectivity index (χ0v) is 11.2. The predicted octanol–water partition coefficient (Wildman–Crippen LogP) is 3.47. The molecule has 88 valence electrons. The van der Waals surface area contributed by atoms with Crippen molar-refractivity contribution in [1.82, 2.24) is 4.98 Å². The second-order valence-corrected chi connectivity index (χ2v) is 5.46. The van der Waals surface area contributed by atoms with Gasteiger partial charge >= 0.3 is 0 Å². The van der Waals surface area contributed by atoms with Crippen LogP contribution in [0, 0.1) is 6.92 Å². The highest BCUT2D eigenvalue weighted by atomic mass is 79.9. The summed E-state index contributed by atoms with van der Waals surface area (Å²) in [5.41, 5.74) is 7.12. The van der Waals surface area contributed by atoms with Crippen LogP contribution in [-0.2, 0) is 0 Å². The summed E-state index contributed by atoms with van der Waals surface area (Å²) in [5.74, 6) is 6.26. The van der Waals surface area contributed by atoms with Crippen molar-refractivity contribution in [2.45, 2.75) is 25.7 Å². The molecule has 3 N–H and O–H groups in total. The van der Waals surface area contributed by atoms with E-state index in [1.54, 1.807) is 0 Å². The number of hydrogen-bond donors (Lipinski definition) is 2. The van der Waals surface area contributed by atoms with Gasteiger partial charge < -0.3 is 5.43 Å². The maximum Gasteiger partial charge on any atom is 0.0767 e. The molecule has 2 aromatic rings. The molecule has 1 aromatic carbocycles. The van der Waals surface area contributed by atoms with E-state index in [0.29, 0.717) is 5.92 Å². The first-order chi connectivity index (χ1) is 8.20. The van der Waals surface area contributed by atoms with E-state index < -0.39 is 0 Å². The molecule has 0 spiro atoms. The third kappa shape index (κ3) is 1.81. The molecule has 1 heterocycles. The fraction of sp³-hybridized carbons (Fsp3) is 0.308. The number of fused-ring (bicyclic) bond motifs is 1. The zero-order valence-electron chi connectivity index (χ0n) is 9.63. The van der Waals surface area contributed by atoms with Crippen molar-refractivity contribution >= 4 is 32.5 Å². The fourth-order valence-corrected chi connectivity index (χ4v) is 2.69. The van der Waals surface area contributed by atoms with E-state index in [4.69, 9.17) is 10.8 Å². The van der Waals surface area contributed by atoms with Crippen molar-refractivity contribution in [1.29, 1.82) is 0 Å². The highest BCUT2D eigenvalue weighted by Gasteiger charge is 2.26. The second kappa shape index (κ2) is 3.96. The van der Waals surface area contributed by atoms with Crippen LogP contribution in [0.15, 0.2) is 22.7 Å². The topological polar surface area (TPSA) is 50.9 Å². The third-order valence-electron chi connectivity index (χ3n) is 3.28. The van der Waals surface area contributed by atoms with Crippen LogP contribution in [0.5, 0.6) is 0 Å². The van der Waals surface area contributed by atoms with E-state index in [2.05, 4.69) is 40.4 Å². The molecule has 0 bridgehead atoms. The molecule has 4 heteroatoms. The van der Waals surface area contributed by atoms with Crippen molar-refractivity contribution in [2.75, 3.05) is 5.43 Å². The Bertz CT molecular complexity index is 591. The Morgan fingerprint density at radius 3 is 2.82 bits per heavy atom. The van der Waals surface area contributed by atoms with Crippen LogP contribution in [0.4, 0.5) is 5.69 Å². The average Bonchev–Trinajstić information content (AvgIpc) is 3.16. The minimum Gasteiger partial charge on any atom is -0.323 e. The van der Waals surface area contributed by atoms with Crippen molar-refractivity contribution in [3.8, 4) is 0 Å². The molecule has 1 aliphatic carbocycles. The van der Waals surface area contributed by atoms with E-state index in [-0.39, 0.29) is 0 Å². The summed E-state index contributed by atoms with van der Waals surface area (Å²) in [5, 5.41) is 1.07. The van der Waals surface area contributed by atoms with Crippen LogP contribution in [-0.4, -0.2) is 4.98 Å². The number of rotatable bonds is 2. The molecule has 0 unspecified atom stereocenters. The Kier molecular flexibility index (Phi) is 2.56. The number of pyridine rings is 1. The highest BCUT2D eigenvalue weighted by molar-refractivity contribution is 9.10. The molecular formula is C13H14BrN3. The van der Waals surface area contributed by atoms with Crippen LogP contribution in [0.2, 0.25) is 0 Å². The lowest BCUT2D eigenvalue weighted by Gasteiger charge is -2.11. The number of nitrogens with two attached hydrogens (primary N) is 1. The second-order valence-electron chi connectivity index (χ2n) is 4.60. The summed E-state index contributed by atoms with van der Waals surface area (Å²) in [6.45, 7) is 2.08. The largest absolute Gasteiger partial charge is 0.323 e. The van der Waals surface area contributed by atoms with Gasteiger partial charge in [0.1, 0.15) is 0 Å². The monoisotopic (exact) mass is 291 g/mol. The summed E-state index contributed by atoms with van der Waals surface area (Å²) in [7, 11) is 0. The van der Waals surface area contributed by atoms with Gasteiger partial charge in [0.2, 0.25) is 0 Å². The van der Waals surface area contributed by atoms with Gasteiger partial charge in [-0.15, -0.1) is 0 Å². The Morgan fingerprint density at radius 1 is 1.41 bits per heavy atom. The molecule has 3 rings (SSSR count). The molecule has 0 amide bonds. The normalized spacial score (nSPS) is 15.2. The van der Waals surface area contributed by atoms with Crippen LogP contribution in [0.1, 0.15) is 30.0 Å². The van der Waals surface area contributed by atoms with Gasteiger partial charge in [0.15, 0.2) is 0 Å². The first-order valence-electron chi connectivity index (χ1n) is 5.77. The molecule has 17 heavy (non-hydrogen) atoms. The van der Waals surface area contributed by atoms with Crippen LogP contribution in [0.3, 0.4) is 0 Å². The molecule has 0 aliphatic heterocycles. The number of benzene rings is 1. The summed E-state index contributed by atoms with van der Waals surface area (Å²) in [6.07, 6.45) is 2.49. The minimum absolute atomic E-state index is 0.630. The summed E-state index contributed by atoms with van der Waals surface area (Å²) in [4.78, 5) is 4.78. The first kappa shape index (κ1) is 11.0. The molecule has 1 saturated carbocycles. The van der Waals surface area contributed by atoms with Crippen molar-refractivity contribution in [3.63, 3.8) is 0 Å². The lowest BCUT2D eigenvalue weighted by atomic mass is 10.1. The van der Waals surface area contributed by atoms with E-state index >= 15 is 0 Å². The van der Waals surface area contributed by atoms with Gasteiger partial charge in [0, 0.05) is 21.5 Å². The zero-order chi connectivity index (χ0) is 12.0. The molecular weight excluding hydrogens is 278 g/mol. The molecule has 0 saturated heterocycles. The van der Waals surface area contributed by atoms with E-state index in [1.165, 1.54) is 18.4 Å². The molecule has 1 aromatic heterocycles. The maximum atomic E-state index is 5.63. The van der Waals surface area contributed by atoms with E-state index in [9.17, 15) is 0 Å². The number of halogens is 1. The number of nitrogens with one attached hydrogen (secondary N) is 1. The van der Waals surface area contributed by atoms with Gasteiger partial charge in [-0.3, -0.25) is 10.8 Å². The number of nitrogens with zero attached hydrogens (tertiary/aromatic N) is 1. The van der Waals surface area contributed by atoms with Gasteiger partial charge in [0.05, 0.1) is 11.2 Å². The van der Waals surface area contributed by atoms with E-state index in [0.717, 1.165) is 26.8 Å². The number of nitrogen functional groups attached to an aromatic ring is 1. The molecule has 3 nitrogen and oxygen atoms in total. The SMILES string of the molecule is Cc1ccc(Br)c2c(NN)cc(C3CC3)nc12. The fourth-order valence-electron chi connectivity index (χ4n) is 2.15. The Balaban J connectivity index is 2.35. The van der Waals surface area contributed by atoms with Crippen molar-refractivity contribution < 1.29 is 0 Å². The van der Waals surface area contributed by atoms with Crippen LogP contribution in [0.25, 0.3) is 10.9 Å². The molecule has 1 fully saturated rings. The minimum atomic E-state index is 0.630. The summed E-state index contributed by atoms with van der Waals surface area (Å²) in [6, 6.07) is 6.19. The Morgan fingerprint density at radius 2 is 2.18 bits per heavy atom. The lowest BCUT2D eigenvalue weighted by Crippen LogP contribution is -2.09. The van der Waals surface area contributed by atoms with Gasteiger partial charge in [-0.1, -0.05) is 22.0 Å². The first-order valence-corrected chi connectivity index (χ1v) is 6.56. The predicted molar refractivity (Wildman–Crippen MR) is 74.0 cm³/mol. The highest BCUT2D eigenvalue weighted by Crippen LogP contribution is 2.42. The summed E-state index contributed by atoms with van der Waals surface area (Å²) >= 11 is 3.56. The Labute approximate surface area is 109 Å². The number of aromatic nitrogens is 1. The third-order valence-corrected chi connectivity index (χ3v) is 3.94.